The fraction of sp³-hybridized carbons (Fsp3) is 0.529. The van der Waals surface area contributed by atoms with Crippen molar-refractivity contribution in [2.24, 2.45) is 23.2 Å². The van der Waals surface area contributed by atoms with Crippen LogP contribution in [0.4, 0.5) is 22.0 Å². The molecule has 2 aliphatic heterocycles. The average Bonchev–Trinajstić information content (AvgIpc) is 3.82. The minimum Gasteiger partial charge on any atom is -0.395 e. The monoisotopic (exact) mass is 627 g/mol. The zero-order valence-electron chi connectivity index (χ0n) is 24.7. The second-order valence-electron chi connectivity index (χ2n) is 13.6. The summed E-state index contributed by atoms with van der Waals surface area (Å²) in [5.41, 5.74) is 0.529. The molecule has 11 heteroatoms. The van der Waals surface area contributed by atoms with E-state index in [1.165, 1.54) is 54.5 Å². The summed E-state index contributed by atoms with van der Waals surface area (Å²) in [5, 5.41) is 0. The second kappa shape index (κ2) is 10.0. The first-order chi connectivity index (χ1) is 21.5. The van der Waals surface area contributed by atoms with Gasteiger partial charge in [-0.3, -0.25) is 4.57 Å². The van der Waals surface area contributed by atoms with E-state index < -0.39 is 23.7 Å². The van der Waals surface area contributed by atoms with Gasteiger partial charge in [0, 0.05) is 36.8 Å². The third-order valence-corrected chi connectivity index (χ3v) is 11.2. The number of aryl methyl sites for hydroxylation is 1. The molecule has 2 unspecified atom stereocenters. The third kappa shape index (κ3) is 4.75. The van der Waals surface area contributed by atoms with Crippen molar-refractivity contribution in [3.63, 3.8) is 0 Å². The maximum absolute atomic E-state index is 13.6. The van der Waals surface area contributed by atoms with Crippen molar-refractivity contribution >= 4 is 0 Å². The molecular weight excluding hydrogens is 593 g/mol. The molecule has 1 saturated heterocycles. The van der Waals surface area contributed by atoms with Crippen LogP contribution >= 0.6 is 0 Å². The number of aromatic nitrogens is 2. The van der Waals surface area contributed by atoms with Crippen LogP contribution in [-0.4, -0.2) is 40.4 Å². The fourth-order valence-electron chi connectivity index (χ4n) is 9.26. The van der Waals surface area contributed by atoms with Gasteiger partial charge in [-0.15, -0.1) is 8.78 Å². The van der Waals surface area contributed by atoms with E-state index in [-0.39, 0.29) is 33.6 Å². The Kier molecular flexibility index (Phi) is 6.45. The summed E-state index contributed by atoms with van der Waals surface area (Å²) >= 11 is 0. The second-order valence-corrected chi connectivity index (χ2v) is 13.6. The molecule has 3 saturated carbocycles. The van der Waals surface area contributed by atoms with Crippen LogP contribution in [0.1, 0.15) is 56.1 Å². The highest BCUT2D eigenvalue weighted by Gasteiger charge is 2.80. The first-order valence-electron chi connectivity index (χ1n) is 15.9. The quantitative estimate of drug-likeness (QED) is 0.197. The van der Waals surface area contributed by atoms with Crippen LogP contribution in [-0.2, 0) is 18.1 Å². The summed E-state index contributed by atoms with van der Waals surface area (Å²) < 4.78 is 77.8. The number of alkyl halides is 5. The van der Waals surface area contributed by atoms with Gasteiger partial charge in [0.15, 0.2) is 11.5 Å². The Morgan fingerprint density at radius 2 is 1.64 bits per heavy atom. The van der Waals surface area contributed by atoms with Gasteiger partial charge in [-0.2, -0.15) is 18.2 Å². The Morgan fingerprint density at radius 3 is 2.36 bits per heavy atom. The maximum Gasteiger partial charge on any atom is 0.586 e. The molecule has 0 radical (unpaired) electrons. The fourth-order valence-corrected chi connectivity index (χ4v) is 9.26. The lowest BCUT2D eigenvalue weighted by atomic mass is 9.84. The average molecular weight is 628 g/mol. The minimum atomic E-state index is -4.34. The molecule has 8 rings (SSSR count). The van der Waals surface area contributed by atoms with Crippen molar-refractivity contribution in [2.75, 3.05) is 19.6 Å². The lowest BCUT2D eigenvalue weighted by molar-refractivity contribution is -0.286. The number of benzene rings is 2. The van der Waals surface area contributed by atoms with Gasteiger partial charge >= 0.3 is 18.2 Å². The van der Waals surface area contributed by atoms with Gasteiger partial charge < -0.3 is 14.4 Å². The molecule has 4 fully saturated rings. The van der Waals surface area contributed by atoms with E-state index in [0.717, 1.165) is 56.3 Å². The molecule has 4 atom stereocenters. The van der Waals surface area contributed by atoms with Crippen molar-refractivity contribution in [1.29, 1.82) is 0 Å². The molecule has 0 bridgehead atoms. The number of hydrogen-bond donors (Lipinski definition) is 0. The first-order valence-corrected chi connectivity index (χ1v) is 15.9. The van der Waals surface area contributed by atoms with Crippen LogP contribution < -0.4 is 15.2 Å². The summed E-state index contributed by atoms with van der Waals surface area (Å²) in [6.07, 6.45) is 1.30. The Labute approximate surface area is 257 Å². The lowest BCUT2D eigenvalue weighted by Gasteiger charge is -2.21. The highest BCUT2D eigenvalue weighted by Crippen LogP contribution is 2.81. The zero-order chi connectivity index (χ0) is 31.2. The molecule has 3 aromatic rings. The Balaban J connectivity index is 0.928. The van der Waals surface area contributed by atoms with Gasteiger partial charge in [0.05, 0.1) is 11.3 Å². The van der Waals surface area contributed by atoms with Gasteiger partial charge in [-0.1, -0.05) is 31.0 Å². The number of hydrogen-bond acceptors (Lipinski definition) is 5. The Morgan fingerprint density at radius 1 is 0.911 bits per heavy atom. The van der Waals surface area contributed by atoms with Crippen LogP contribution in [0.2, 0.25) is 0 Å². The zero-order valence-corrected chi connectivity index (χ0v) is 24.7. The van der Waals surface area contributed by atoms with Crippen molar-refractivity contribution in [2.45, 2.75) is 69.4 Å². The molecule has 6 nitrogen and oxygen atoms in total. The molecular formula is C34H34F5N3O3. The van der Waals surface area contributed by atoms with E-state index in [0.29, 0.717) is 12.5 Å². The van der Waals surface area contributed by atoms with Crippen LogP contribution in [0.5, 0.6) is 11.5 Å². The summed E-state index contributed by atoms with van der Waals surface area (Å²) in [5.74, 6) is 1.96. The van der Waals surface area contributed by atoms with Crippen molar-refractivity contribution in [3.8, 4) is 22.8 Å². The van der Waals surface area contributed by atoms with Gasteiger partial charge in [0.2, 0.25) is 0 Å². The Hall–Kier alpha value is -3.47. The predicted molar refractivity (Wildman–Crippen MR) is 155 cm³/mol. The molecule has 5 aliphatic rings. The molecule has 2 aromatic carbocycles. The van der Waals surface area contributed by atoms with Crippen LogP contribution in [0.25, 0.3) is 11.3 Å². The molecule has 45 heavy (non-hydrogen) atoms. The number of para-hydroxylation sites is 1. The molecule has 0 N–H and O–H groups in total. The summed E-state index contributed by atoms with van der Waals surface area (Å²) in [6.45, 7) is 3.16. The van der Waals surface area contributed by atoms with E-state index in [1.807, 2.05) is 0 Å². The number of likely N-dealkylation sites (tertiary alicyclic amines) is 1. The van der Waals surface area contributed by atoms with Crippen LogP contribution in [0, 0.1) is 23.2 Å². The normalized spacial score (nSPS) is 31.0. The smallest absolute Gasteiger partial charge is 0.395 e. The molecule has 1 aromatic heterocycles. The van der Waals surface area contributed by atoms with E-state index in [9.17, 15) is 26.7 Å². The third-order valence-electron chi connectivity index (χ3n) is 11.2. The number of nitrogens with zero attached hydrogens (tertiary/aromatic N) is 3. The van der Waals surface area contributed by atoms with Gasteiger partial charge in [0.1, 0.15) is 0 Å². The molecule has 3 heterocycles. The number of halogens is 5. The Bertz CT molecular complexity index is 1680. The number of ether oxygens (including phenoxy) is 2. The number of piperidine rings is 1. The van der Waals surface area contributed by atoms with Crippen molar-refractivity contribution in [1.82, 2.24) is 14.5 Å². The SMILES string of the molecule is O=c1nc(-c2cccc3c2OC(F)(F)O3)ccn1CCCCN1C[C@@]2(c3ccc(C(F)(F)F)cc3)C[C@@]2(C2C3CCCCC32)C1. The van der Waals surface area contributed by atoms with E-state index in [1.54, 1.807) is 30.5 Å². The van der Waals surface area contributed by atoms with Gasteiger partial charge in [0.25, 0.3) is 0 Å². The highest BCUT2D eigenvalue weighted by atomic mass is 19.4. The molecule has 238 valence electrons. The maximum atomic E-state index is 13.6. The van der Waals surface area contributed by atoms with E-state index >= 15 is 0 Å². The number of fused-ring (bicyclic) bond motifs is 3. The summed E-state index contributed by atoms with van der Waals surface area (Å²) in [4.78, 5) is 19.4. The summed E-state index contributed by atoms with van der Waals surface area (Å²) in [6, 6.07) is 12.0. The standard InChI is InChI=1S/C34H34F5N3O3/c35-33(36,37)22-12-10-21(11-13-22)31-18-32(31,28-23-6-1-2-7-24(23)28)20-41(19-31)15-3-4-16-42-17-14-26(40-30(42)43)25-8-5-9-27-29(25)45-34(38,39)44-27/h5,8-14,17,23-24,28H,1-4,6-7,15-16,18-20H2/t23?,24?,28?,31-,32+/m1/s1. The lowest BCUT2D eigenvalue weighted by Crippen LogP contribution is -2.29. The van der Waals surface area contributed by atoms with E-state index in [2.05, 4.69) is 19.4 Å². The van der Waals surface area contributed by atoms with E-state index in [4.69, 9.17) is 0 Å². The molecule has 0 spiro atoms. The molecule has 3 aliphatic carbocycles. The number of rotatable bonds is 8. The van der Waals surface area contributed by atoms with Gasteiger partial charge in [-0.05, 0) is 97.7 Å². The van der Waals surface area contributed by atoms with Crippen molar-refractivity contribution in [3.05, 3.63) is 76.3 Å². The van der Waals surface area contributed by atoms with Crippen LogP contribution in [0.3, 0.4) is 0 Å². The predicted octanol–water partition coefficient (Wildman–Crippen LogP) is 7.11. The van der Waals surface area contributed by atoms with Crippen molar-refractivity contribution < 1.29 is 31.4 Å². The molecule has 0 amide bonds. The summed E-state index contributed by atoms with van der Waals surface area (Å²) in [7, 11) is 0. The highest BCUT2D eigenvalue weighted by molar-refractivity contribution is 5.71. The number of unbranched alkanes of at least 4 members (excludes halogenated alkanes) is 1. The minimum absolute atomic E-state index is 0.0772. The van der Waals surface area contributed by atoms with Gasteiger partial charge in [-0.25, -0.2) is 4.79 Å². The topological polar surface area (TPSA) is 56.6 Å². The first kappa shape index (κ1) is 29.0. The van der Waals surface area contributed by atoms with Crippen LogP contribution in [0.15, 0.2) is 59.5 Å². The largest absolute Gasteiger partial charge is 0.586 e.